The van der Waals surface area contributed by atoms with Gasteiger partial charge in [-0.2, -0.15) is 0 Å². The summed E-state index contributed by atoms with van der Waals surface area (Å²) in [5, 5.41) is 8.97. The highest BCUT2D eigenvalue weighted by Gasteiger charge is 2.42. The molecule has 0 spiro atoms. The van der Waals surface area contributed by atoms with Gasteiger partial charge in [-0.1, -0.05) is 12.1 Å². The minimum atomic E-state index is -3.27. The Hall–Kier alpha value is -0.760. The number of sulfonamides is 1. The summed E-state index contributed by atoms with van der Waals surface area (Å²) in [6.45, 7) is 0.554. The molecule has 0 amide bonds. The van der Waals surface area contributed by atoms with Crippen LogP contribution in [0.2, 0.25) is 0 Å². The highest BCUT2D eigenvalue weighted by molar-refractivity contribution is 8.00. The SMILES string of the molecule is Nc1ccccc1SCCS(=O)(=O)NCC1(CCO)CC1. The van der Waals surface area contributed by atoms with E-state index >= 15 is 0 Å². The predicted octanol–water partition coefficient (Wildman–Crippen LogP) is 1.44. The summed E-state index contributed by atoms with van der Waals surface area (Å²) >= 11 is 1.45. The van der Waals surface area contributed by atoms with Gasteiger partial charge in [-0.25, -0.2) is 13.1 Å². The Kier molecular flexibility index (Phi) is 5.54. The average molecular weight is 330 g/mol. The van der Waals surface area contributed by atoms with Crippen molar-refractivity contribution in [2.24, 2.45) is 5.41 Å². The van der Waals surface area contributed by atoms with E-state index in [2.05, 4.69) is 4.72 Å². The molecule has 1 fully saturated rings. The summed E-state index contributed by atoms with van der Waals surface area (Å²) in [5.41, 5.74) is 6.49. The van der Waals surface area contributed by atoms with Crippen LogP contribution in [-0.4, -0.2) is 38.2 Å². The van der Waals surface area contributed by atoms with E-state index in [1.54, 1.807) is 6.07 Å². The number of thioether (sulfide) groups is 1. The lowest BCUT2D eigenvalue weighted by Crippen LogP contribution is -2.33. The second-order valence-corrected chi connectivity index (χ2v) is 8.56. The normalized spacial score (nSPS) is 16.8. The third kappa shape index (κ3) is 5.18. The first kappa shape index (κ1) is 16.6. The minimum Gasteiger partial charge on any atom is -0.398 e. The van der Waals surface area contributed by atoms with E-state index in [4.69, 9.17) is 10.8 Å². The lowest BCUT2D eigenvalue weighted by molar-refractivity contribution is 0.249. The molecule has 1 aromatic rings. The Balaban J connectivity index is 1.75. The third-order valence-electron chi connectivity index (χ3n) is 3.79. The molecule has 21 heavy (non-hydrogen) atoms. The zero-order valence-electron chi connectivity index (χ0n) is 11.9. The fraction of sp³-hybridized carbons (Fsp3) is 0.571. The zero-order valence-corrected chi connectivity index (χ0v) is 13.5. The van der Waals surface area contributed by atoms with Gasteiger partial charge in [-0.05, 0) is 36.8 Å². The molecule has 1 aliphatic rings. The second-order valence-electron chi connectivity index (χ2n) is 5.50. The number of nitrogens with one attached hydrogen (secondary N) is 1. The summed E-state index contributed by atoms with van der Waals surface area (Å²) in [4.78, 5) is 0.909. The van der Waals surface area contributed by atoms with Gasteiger partial charge in [0.2, 0.25) is 10.0 Å². The Labute approximate surface area is 130 Å². The standard InChI is InChI=1S/C14H22N2O3S2/c15-12-3-1-2-4-13(12)20-9-10-21(18,19)16-11-14(5-6-14)7-8-17/h1-4,16-17H,5-11,15H2. The molecule has 1 aliphatic carbocycles. The zero-order chi connectivity index (χ0) is 15.3. The molecule has 4 N–H and O–H groups in total. The largest absolute Gasteiger partial charge is 0.398 e. The number of rotatable bonds is 9. The van der Waals surface area contributed by atoms with Crippen molar-refractivity contribution >= 4 is 27.5 Å². The molecule has 2 rings (SSSR count). The van der Waals surface area contributed by atoms with E-state index in [1.807, 2.05) is 18.2 Å². The first-order valence-corrected chi connectivity index (χ1v) is 9.66. The summed E-state index contributed by atoms with van der Waals surface area (Å²) < 4.78 is 26.6. The number of anilines is 1. The Morgan fingerprint density at radius 1 is 1.33 bits per heavy atom. The molecule has 0 heterocycles. The monoisotopic (exact) mass is 330 g/mol. The number of hydrogen-bond acceptors (Lipinski definition) is 5. The Bertz CT molecular complexity index is 571. The first-order chi connectivity index (χ1) is 9.96. The number of aliphatic hydroxyl groups is 1. The topological polar surface area (TPSA) is 92.4 Å². The summed E-state index contributed by atoms with van der Waals surface area (Å²) in [6, 6.07) is 7.44. The van der Waals surface area contributed by atoms with Crippen LogP contribution < -0.4 is 10.5 Å². The Morgan fingerprint density at radius 2 is 2.05 bits per heavy atom. The number of benzene rings is 1. The van der Waals surface area contributed by atoms with Gasteiger partial charge in [0.15, 0.2) is 0 Å². The molecule has 0 aliphatic heterocycles. The summed E-state index contributed by atoms with van der Waals surface area (Å²) in [5.74, 6) is 0.539. The van der Waals surface area contributed by atoms with Gasteiger partial charge in [0.1, 0.15) is 0 Å². The quantitative estimate of drug-likeness (QED) is 0.471. The van der Waals surface area contributed by atoms with E-state index in [-0.39, 0.29) is 17.8 Å². The van der Waals surface area contributed by atoms with Crippen LogP contribution in [0.3, 0.4) is 0 Å². The van der Waals surface area contributed by atoms with E-state index in [0.29, 0.717) is 24.4 Å². The smallest absolute Gasteiger partial charge is 0.212 e. The van der Waals surface area contributed by atoms with Crippen molar-refractivity contribution in [2.45, 2.75) is 24.2 Å². The fourth-order valence-electron chi connectivity index (χ4n) is 2.14. The lowest BCUT2D eigenvalue weighted by atomic mass is 10.0. The van der Waals surface area contributed by atoms with Crippen molar-refractivity contribution in [1.29, 1.82) is 0 Å². The van der Waals surface area contributed by atoms with Crippen LogP contribution in [0.15, 0.2) is 29.2 Å². The maximum absolute atomic E-state index is 12.0. The van der Waals surface area contributed by atoms with Crippen LogP contribution in [0.25, 0.3) is 0 Å². The van der Waals surface area contributed by atoms with Crippen molar-refractivity contribution in [1.82, 2.24) is 4.72 Å². The van der Waals surface area contributed by atoms with Crippen molar-refractivity contribution in [2.75, 3.05) is 30.4 Å². The van der Waals surface area contributed by atoms with E-state index in [9.17, 15) is 8.42 Å². The molecule has 0 atom stereocenters. The predicted molar refractivity (Wildman–Crippen MR) is 86.7 cm³/mol. The highest BCUT2D eigenvalue weighted by Crippen LogP contribution is 2.48. The number of nitrogens with two attached hydrogens (primary N) is 1. The van der Waals surface area contributed by atoms with Crippen molar-refractivity contribution < 1.29 is 13.5 Å². The van der Waals surface area contributed by atoms with Crippen molar-refractivity contribution in [3.8, 4) is 0 Å². The number of nitrogen functional groups attached to an aromatic ring is 1. The third-order valence-corrected chi connectivity index (χ3v) is 6.47. The molecule has 118 valence electrons. The van der Waals surface area contributed by atoms with Crippen LogP contribution >= 0.6 is 11.8 Å². The molecule has 7 heteroatoms. The highest BCUT2D eigenvalue weighted by atomic mass is 32.2. The van der Waals surface area contributed by atoms with Crippen LogP contribution in [0.5, 0.6) is 0 Å². The van der Waals surface area contributed by atoms with E-state index in [1.165, 1.54) is 11.8 Å². The maximum atomic E-state index is 12.0. The van der Waals surface area contributed by atoms with Crippen LogP contribution in [0.1, 0.15) is 19.3 Å². The van der Waals surface area contributed by atoms with Gasteiger partial charge in [-0.15, -0.1) is 11.8 Å². The van der Waals surface area contributed by atoms with E-state index in [0.717, 1.165) is 17.7 Å². The second kappa shape index (κ2) is 7.00. The van der Waals surface area contributed by atoms with Crippen LogP contribution in [0.4, 0.5) is 5.69 Å². The van der Waals surface area contributed by atoms with Gasteiger partial charge in [0, 0.05) is 29.5 Å². The molecule has 0 saturated heterocycles. The van der Waals surface area contributed by atoms with Gasteiger partial charge >= 0.3 is 0 Å². The van der Waals surface area contributed by atoms with Gasteiger partial charge < -0.3 is 10.8 Å². The van der Waals surface area contributed by atoms with Gasteiger partial charge in [-0.3, -0.25) is 0 Å². The average Bonchev–Trinajstić information content (AvgIpc) is 3.20. The molecule has 0 radical (unpaired) electrons. The van der Waals surface area contributed by atoms with Crippen molar-refractivity contribution in [3.63, 3.8) is 0 Å². The number of aliphatic hydroxyl groups excluding tert-OH is 1. The Morgan fingerprint density at radius 3 is 2.67 bits per heavy atom. The van der Waals surface area contributed by atoms with Crippen LogP contribution in [0, 0.1) is 5.41 Å². The number of para-hydroxylation sites is 1. The minimum absolute atomic E-state index is 0.00117. The van der Waals surface area contributed by atoms with E-state index < -0.39 is 10.0 Å². The van der Waals surface area contributed by atoms with Crippen molar-refractivity contribution in [3.05, 3.63) is 24.3 Å². The molecule has 0 bridgehead atoms. The molecule has 1 aromatic carbocycles. The van der Waals surface area contributed by atoms with Gasteiger partial charge in [0.05, 0.1) is 5.75 Å². The first-order valence-electron chi connectivity index (χ1n) is 7.02. The molecule has 5 nitrogen and oxygen atoms in total. The summed E-state index contributed by atoms with van der Waals surface area (Å²) in [7, 11) is -3.27. The molecular weight excluding hydrogens is 308 g/mol. The van der Waals surface area contributed by atoms with Gasteiger partial charge in [0.25, 0.3) is 0 Å². The maximum Gasteiger partial charge on any atom is 0.212 e. The van der Waals surface area contributed by atoms with Crippen LogP contribution in [-0.2, 0) is 10.0 Å². The molecule has 0 aromatic heterocycles. The fourth-order valence-corrected chi connectivity index (χ4v) is 4.65. The lowest BCUT2D eigenvalue weighted by Gasteiger charge is -2.14. The molecule has 1 saturated carbocycles. The number of hydrogen-bond donors (Lipinski definition) is 3. The molecule has 0 unspecified atom stereocenters. The molecular formula is C14H22N2O3S2. The summed E-state index contributed by atoms with van der Waals surface area (Å²) in [6.07, 6.45) is 2.65.